The smallest absolute Gasteiger partial charge is 0.193 e. The average Bonchev–Trinajstić information content (AvgIpc) is 3.14. The number of aromatic nitrogens is 2. The molecule has 0 spiro atoms. The third-order valence-corrected chi connectivity index (χ3v) is 4.99. The summed E-state index contributed by atoms with van der Waals surface area (Å²) < 4.78 is 2.32. The molecule has 23 heavy (non-hydrogen) atoms. The largest absolute Gasteiger partial charge is 0.351 e. The van der Waals surface area contributed by atoms with Gasteiger partial charge in [-0.3, -0.25) is 4.99 Å². The maximum atomic E-state index is 4.76. The van der Waals surface area contributed by atoms with Crippen LogP contribution in [0, 0.1) is 11.8 Å². The number of nitrogens with zero attached hydrogens (tertiary/aromatic N) is 4. The quantitative estimate of drug-likeness (QED) is 0.686. The minimum atomic E-state index is 0.776. The van der Waals surface area contributed by atoms with Crippen molar-refractivity contribution in [2.24, 2.45) is 16.8 Å². The van der Waals surface area contributed by atoms with Gasteiger partial charge in [-0.15, -0.1) is 0 Å². The van der Waals surface area contributed by atoms with Gasteiger partial charge in [-0.25, -0.2) is 4.98 Å². The Hall–Kier alpha value is -1.52. The predicted octanol–water partition coefficient (Wildman–Crippen LogP) is 2.66. The van der Waals surface area contributed by atoms with Crippen LogP contribution >= 0.6 is 0 Å². The number of aliphatic imine (C=N–C) groups is 1. The second-order valence-corrected chi connectivity index (χ2v) is 7.43. The summed E-state index contributed by atoms with van der Waals surface area (Å²) in [5, 5.41) is 3.51. The number of likely N-dealkylation sites (tertiary alicyclic amines) is 1. The molecule has 0 amide bonds. The van der Waals surface area contributed by atoms with Gasteiger partial charge >= 0.3 is 0 Å². The van der Waals surface area contributed by atoms with Crippen LogP contribution in [-0.4, -0.2) is 40.5 Å². The fourth-order valence-corrected chi connectivity index (χ4v) is 3.94. The molecule has 0 saturated carbocycles. The third kappa shape index (κ3) is 4.06. The Balaban J connectivity index is 1.53. The number of fused-ring (bicyclic) bond motifs is 1. The van der Waals surface area contributed by atoms with Gasteiger partial charge in [-0.05, 0) is 37.5 Å². The SMILES string of the molecule is CN=C(NCc1cn2c(n1)CCCC2)N1CCC(CC(C)C)C1. The Labute approximate surface area is 140 Å². The number of aryl methyl sites for hydroxylation is 2. The van der Waals surface area contributed by atoms with Crippen molar-refractivity contribution in [2.45, 2.75) is 59.0 Å². The Morgan fingerprint density at radius 2 is 2.26 bits per heavy atom. The summed E-state index contributed by atoms with van der Waals surface area (Å²) in [7, 11) is 1.89. The van der Waals surface area contributed by atoms with E-state index in [0.29, 0.717) is 0 Å². The van der Waals surface area contributed by atoms with E-state index in [1.54, 1.807) is 0 Å². The van der Waals surface area contributed by atoms with Crippen molar-refractivity contribution >= 4 is 5.96 Å². The first-order valence-corrected chi connectivity index (χ1v) is 9.16. The number of rotatable bonds is 4. The number of imidazole rings is 1. The zero-order valence-electron chi connectivity index (χ0n) is 14.9. The Morgan fingerprint density at radius 3 is 3.00 bits per heavy atom. The molecule has 1 N–H and O–H groups in total. The van der Waals surface area contributed by atoms with Crippen LogP contribution in [0.5, 0.6) is 0 Å². The van der Waals surface area contributed by atoms with Crippen LogP contribution in [0.1, 0.15) is 51.0 Å². The number of hydrogen-bond acceptors (Lipinski definition) is 2. The van der Waals surface area contributed by atoms with E-state index in [1.165, 1.54) is 31.5 Å². The summed E-state index contributed by atoms with van der Waals surface area (Å²) in [5.74, 6) is 3.88. The lowest BCUT2D eigenvalue weighted by Gasteiger charge is -2.21. The van der Waals surface area contributed by atoms with E-state index in [9.17, 15) is 0 Å². The highest BCUT2D eigenvalue weighted by Gasteiger charge is 2.25. The standard InChI is InChI=1S/C18H31N5/c1-14(2)10-15-7-9-23(12-15)18(19-3)20-11-16-13-22-8-5-4-6-17(22)21-16/h13-15H,4-12H2,1-3H3,(H,19,20). The third-order valence-electron chi connectivity index (χ3n) is 4.99. The lowest BCUT2D eigenvalue weighted by molar-refractivity contribution is 0.403. The monoisotopic (exact) mass is 317 g/mol. The molecule has 3 rings (SSSR count). The summed E-state index contributed by atoms with van der Waals surface area (Å²) >= 11 is 0. The summed E-state index contributed by atoms with van der Waals surface area (Å²) in [6.07, 6.45) is 8.50. The van der Waals surface area contributed by atoms with Crippen LogP contribution in [0.15, 0.2) is 11.2 Å². The van der Waals surface area contributed by atoms with E-state index in [4.69, 9.17) is 4.98 Å². The molecule has 5 nitrogen and oxygen atoms in total. The highest BCUT2D eigenvalue weighted by molar-refractivity contribution is 5.80. The molecule has 1 fully saturated rings. The average molecular weight is 317 g/mol. The second kappa shape index (κ2) is 7.37. The van der Waals surface area contributed by atoms with E-state index in [2.05, 4.69) is 39.8 Å². The number of guanidine groups is 1. The van der Waals surface area contributed by atoms with Crippen molar-refractivity contribution in [2.75, 3.05) is 20.1 Å². The maximum absolute atomic E-state index is 4.76. The molecule has 0 aliphatic carbocycles. The minimum absolute atomic E-state index is 0.776. The highest BCUT2D eigenvalue weighted by Crippen LogP contribution is 2.23. The van der Waals surface area contributed by atoms with Crippen LogP contribution in [0.2, 0.25) is 0 Å². The first-order chi connectivity index (χ1) is 11.2. The van der Waals surface area contributed by atoms with Crippen molar-refractivity contribution in [3.8, 4) is 0 Å². The normalized spacial score (nSPS) is 21.8. The van der Waals surface area contributed by atoms with Crippen molar-refractivity contribution in [1.82, 2.24) is 19.8 Å². The Bertz CT molecular complexity index is 522. The second-order valence-electron chi connectivity index (χ2n) is 7.43. The van der Waals surface area contributed by atoms with Gasteiger partial charge < -0.3 is 14.8 Å². The molecule has 3 heterocycles. The van der Waals surface area contributed by atoms with Gasteiger partial charge in [0, 0.05) is 39.3 Å². The van der Waals surface area contributed by atoms with E-state index >= 15 is 0 Å². The molecule has 0 aromatic carbocycles. The molecular formula is C18H31N5. The van der Waals surface area contributed by atoms with Gasteiger partial charge in [0.2, 0.25) is 0 Å². The fourth-order valence-electron chi connectivity index (χ4n) is 3.94. The first kappa shape index (κ1) is 16.3. The van der Waals surface area contributed by atoms with Gasteiger partial charge in [-0.1, -0.05) is 13.8 Å². The predicted molar refractivity (Wildman–Crippen MR) is 94.5 cm³/mol. The van der Waals surface area contributed by atoms with Crippen molar-refractivity contribution in [1.29, 1.82) is 0 Å². The van der Waals surface area contributed by atoms with Crippen LogP contribution in [0.25, 0.3) is 0 Å². The van der Waals surface area contributed by atoms with E-state index in [-0.39, 0.29) is 0 Å². The fraction of sp³-hybridized carbons (Fsp3) is 0.778. The molecule has 2 aliphatic heterocycles. The lowest BCUT2D eigenvalue weighted by Crippen LogP contribution is -2.39. The van der Waals surface area contributed by atoms with Gasteiger partial charge in [0.15, 0.2) is 5.96 Å². The number of hydrogen-bond donors (Lipinski definition) is 1. The van der Waals surface area contributed by atoms with E-state index in [0.717, 1.165) is 56.1 Å². The van der Waals surface area contributed by atoms with Gasteiger partial charge in [0.1, 0.15) is 5.82 Å². The van der Waals surface area contributed by atoms with Crippen molar-refractivity contribution in [3.63, 3.8) is 0 Å². The molecule has 2 aliphatic rings. The van der Waals surface area contributed by atoms with Gasteiger partial charge in [0.25, 0.3) is 0 Å². The molecule has 0 bridgehead atoms. The molecule has 1 saturated heterocycles. The number of nitrogens with one attached hydrogen (secondary N) is 1. The summed E-state index contributed by atoms with van der Waals surface area (Å²) in [5.41, 5.74) is 1.14. The van der Waals surface area contributed by atoms with Gasteiger partial charge in [-0.2, -0.15) is 0 Å². The lowest BCUT2D eigenvalue weighted by atomic mass is 9.97. The molecule has 5 heteroatoms. The Morgan fingerprint density at radius 1 is 1.39 bits per heavy atom. The molecule has 1 aromatic heterocycles. The Kier molecular flexibility index (Phi) is 5.23. The summed E-state index contributed by atoms with van der Waals surface area (Å²) in [6, 6.07) is 0. The van der Waals surface area contributed by atoms with E-state index < -0.39 is 0 Å². The zero-order chi connectivity index (χ0) is 16.2. The van der Waals surface area contributed by atoms with Crippen LogP contribution in [0.3, 0.4) is 0 Å². The maximum Gasteiger partial charge on any atom is 0.193 e. The molecular weight excluding hydrogens is 286 g/mol. The first-order valence-electron chi connectivity index (χ1n) is 9.16. The topological polar surface area (TPSA) is 45.5 Å². The zero-order valence-corrected chi connectivity index (χ0v) is 14.9. The summed E-state index contributed by atoms with van der Waals surface area (Å²) in [6.45, 7) is 8.79. The van der Waals surface area contributed by atoms with Gasteiger partial charge in [0.05, 0.1) is 12.2 Å². The molecule has 1 atom stereocenters. The minimum Gasteiger partial charge on any atom is -0.351 e. The summed E-state index contributed by atoms with van der Waals surface area (Å²) in [4.78, 5) is 11.6. The van der Waals surface area contributed by atoms with Crippen LogP contribution in [-0.2, 0) is 19.5 Å². The molecule has 1 unspecified atom stereocenters. The van der Waals surface area contributed by atoms with Crippen molar-refractivity contribution in [3.05, 3.63) is 17.7 Å². The van der Waals surface area contributed by atoms with E-state index in [1.807, 2.05) is 7.05 Å². The molecule has 0 radical (unpaired) electrons. The van der Waals surface area contributed by atoms with Crippen molar-refractivity contribution < 1.29 is 0 Å². The van der Waals surface area contributed by atoms with Crippen LogP contribution < -0.4 is 5.32 Å². The highest BCUT2D eigenvalue weighted by atomic mass is 15.3. The van der Waals surface area contributed by atoms with Crippen LogP contribution in [0.4, 0.5) is 0 Å². The molecule has 128 valence electrons. The molecule has 1 aromatic rings.